The Morgan fingerprint density at radius 1 is 1.24 bits per heavy atom. The largest absolute Gasteiger partial charge is 0.439 e. The first-order chi connectivity index (χ1) is 9.76. The zero-order chi connectivity index (χ0) is 13.9. The highest BCUT2D eigenvalue weighted by atomic mass is 35.5. The molecule has 0 saturated carbocycles. The van der Waals surface area contributed by atoms with E-state index in [9.17, 15) is 0 Å². The standard InChI is InChI=1S/C17H18N2O.ClH/c1-12-4-2-7-17(19-12)20-15-8-9-16-13(10-15)5-3-6-14(16)11-18;/h2,4,6-10H,3,5,11,18H2,1H3;1H. The minimum Gasteiger partial charge on any atom is -0.439 e. The lowest BCUT2D eigenvalue weighted by Gasteiger charge is -2.17. The molecule has 1 aromatic carbocycles. The number of nitrogens with two attached hydrogens (primary N) is 1. The molecule has 0 fully saturated rings. The molecule has 0 saturated heterocycles. The number of fused-ring (bicyclic) bond motifs is 1. The number of hydrogen-bond acceptors (Lipinski definition) is 3. The van der Waals surface area contributed by atoms with Crippen LogP contribution in [-0.4, -0.2) is 11.5 Å². The summed E-state index contributed by atoms with van der Waals surface area (Å²) in [6, 6.07) is 12.0. The molecule has 1 aliphatic carbocycles. The van der Waals surface area contributed by atoms with Gasteiger partial charge in [0.2, 0.25) is 5.88 Å². The third-order valence-electron chi connectivity index (χ3n) is 3.53. The molecule has 3 nitrogen and oxygen atoms in total. The van der Waals surface area contributed by atoms with Crippen molar-refractivity contribution in [3.63, 3.8) is 0 Å². The summed E-state index contributed by atoms with van der Waals surface area (Å²) in [5, 5.41) is 0. The number of benzene rings is 1. The summed E-state index contributed by atoms with van der Waals surface area (Å²) in [6.07, 6.45) is 4.31. The first-order valence-electron chi connectivity index (χ1n) is 6.90. The Balaban J connectivity index is 0.00000161. The Kier molecular flexibility index (Phi) is 4.99. The van der Waals surface area contributed by atoms with Crippen molar-refractivity contribution in [2.24, 2.45) is 5.73 Å². The van der Waals surface area contributed by atoms with E-state index < -0.39 is 0 Å². The number of rotatable bonds is 3. The molecule has 4 heteroatoms. The molecule has 1 heterocycles. The minimum absolute atomic E-state index is 0. The zero-order valence-corrected chi connectivity index (χ0v) is 12.8. The van der Waals surface area contributed by atoms with Crippen LogP contribution in [-0.2, 0) is 6.42 Å². The Morgan fingerprint density at radius 2 is 2.10 bits per heavy atom. The first-order valence-corrected chi connectivity index (χ1v) is 6.90. The first kappa shape index (κ1) is 15.5. The molecule has 21 heavy (non-hydrogen) atoms. The summed E-state index contributed by atoms with van der Waals surface area (Å²) in [5.74, 6) is 1.47. The van der Waals surface area contributed by atoms with Crippen molar-refractivity contribution in [3.05, 3.63) is 59.3 Å². The lowest BCUT2D eigenvalue weighted by atomic mass is 9.91. The quantitative estimate of drug-likeness (QED) is 0.935. The van der Waals surface area contributed by atoms with E-state index in [1.165, 1.54) is 16.7 Å². The van der Waals surface area contributed by atoms with Crippen LogP contribution in [0.3, 0.4) is 0 Å². The Morgan fingerprint density at radius 3 is 2.86 bits per heavy atom. The second-order valence-electron chi connectivity index (χ2n) is 5.01. The number of allylic oxidation sites excluding steroid dienone is 1. The highest BCUT2D eigenvalue weighted by Crippen LogP contribution is 2.30. The summed E-state index contributed by atoms with van der Waals surface area (Å²) in [4.78, 5) is 4.36. The van der Waals surface area contributed by atoms with Crippen molar-refractivity contribution in [1.29, 1.82) is 0 Å². The van der Waals surface area contributed by atoms with Gasteiger partial charge in [0.15, 0.2) is 0 Å². The van der Waals surface area contributed by atoms with Gasteiger partial charge in [0.25, 0.3) is 0 Å². The van der Waals surface area contributed by atoms with Gasteiger partial charge in [-0.2, -0.15) is 0 Å². The van der Waals surface area contributed by atoms with Gasteiger partial charge in [0.1, 0.15) is 5.75 Å². The number of ether oxygens (including phenoxy) is 1. The average Bonchev–Trinajstić information content (AvgIpc) is 2.46. The van der Waals surface area contributed by atoms with E-state index in [4.69, 9.17) is 10.5 Å². The molecule has 110 valence electrons. The molecule has 0 amide bonds. The molecular weight excluding hydrogens is 284 g/mol. The van der Waals surface area contributed by atoms with Gasteiger partial charge in [-0.05, 0) is 54.7 Å². The van der Waals surface area contributed by atoms with E-state index in [-0.39, 0.29) is 12.4 Å². The third kappa shape index (κ3) is 3.43. The average molecular weight is 303 g/mol. The summed E-state index contributed by atoms with van der Waals surface area (Å²) >= 11 is 0. The van der Waals surface area contributed by atoms with Crippen LogP contribution >= 0.6 is 12.4 Å². The SMILES string of the molecule is Cc1cccc(Oc2ccc3c(c2)CCC=C3CN)n1.Cl. The minimum atomic E-state index is 0. The van der Waals surface area contributed by atoms with E-state index in [1.807, 2.05) is 31.2 Å². The number of aryl methyl sites for hydroxylation is 2. The van der Waals surface area contributed by atoms with Crippen molar-refractivity contribution in [2.75, 3.05) is 6.54 Å². The molecule has 0 bridgehead atoms. The smallest absolute Gasteiger partial charge is 0.219 e. The highest BCUT2D eigenvalue weighted by Gasteiger charge is 2.12. The maximum atomic E-state index is 5.83. The molecule has 0 spiro atoms. The van der Waals surface area contributed by atoms with E-state index in [0.29, 0.717) is 12.4 Å². The van der Waals surface area contributed by atoms with E-state index in [0.717, 1.165) is 24.3 Å². The molecule has 0 radical (unpaired) electrons. The van der Waals surface area contributed by atoms with Gasteiger partial charge < -0.3 is 10.5 Å². The monoisotopic (exact) mass is 302 g/mol. The number of pyridine rings is 1. The molecular formula is C17H19ClN2O. The lowest BCUT2D eigenvalue weighted by molar-refractivity contribution is 0.461. The number of halogens is 1. The molecule has 3 rings (SSSR count). The Hall–Kier alpha value is -1.84. The highest BCUT2D eigenvalue weighted by molar-refractivity contribution is 5.85. The van der Waals surface area contributed by atoms with Crippen LogP contribution in [0.2, 0.25) is 0 Å². The number of aromatic nitrogens is 1. The molecule has 0 unspecified atom stereocenters. The molecule has 2 aromatic rings. The van der Waals surface area contributed by atoms with Crippen LogP contribution in [0.4, 0.5) is 0 Å². The van der Waals surface area contributed by atoms with E-state index >= 15 is 0 Å². The molecule has 2 N–H and O–H groups in total. The van der Waals surface area contributed by atoms with Crippen molar-refractivity contribution in [1.82, 2.24) is 4.98 Å². The fourth-order valence-corrected chi connectivity index (χ4v) is 2.55. The van der Waals surface area contributed by atoms with Crippen LogP contribution in [0.1, 0.15) is 23.2 Å². The van der Waals surface area contributed by atoms with Gasteiger partial charge in [-0.25, -0.2) is 4.98 Å². The summed E-state index contributed by atoms with van der Waals surface area (Å²) in [5.41, 5.74) is 10.5. The van der Waals surface area contributed by atoms with Crippen molar-refractivity contribution >= 4 is 18.0 Å². The predicted octanol–water partition coefficient (Wildman–Crippen LogP) is 3.89. The van der Waals surface area contributed by atoms with Gasteiger partial charge >= 0.3 is 0 Å². The molecule has 0 aliphatic heterocycles. The molecule has 0 atom stereocenters. The molecule has 1 aromatic heterocycles. The van der Waals surface area contributed by atoms with Crippen molar-refractivity contribution < 1.29 is 4.74 Å². The van der Waals surface area contributed by atoms with Gasteiger partial charge in [-0.3, -0.25) is 0 Å². The lowest BCUT2D eigenvalue weighted by Crippen LogP contribution is -2.08. The fourth-order valence-electron chi connectivity index (χ4n) is 2.55. The summed E-state index contributed by atoms with van der Waals surface area (Å²) < 4.78 is 5.83. The van der Waals surface area contributed by atoms with Crippen LogP contribution in [0.15, 0.2) is 42.5 Å². The van der Waals surface area contributed by atoms with Crippen LogP contribution in [0, 0.1) is 6.92 Å². The second-order valence-corrected chi connectivity index (χ2v) is 5.01. The van der Waals surface area contributed by atoms with Gasteiger partial charge in [0, 0.05) is 18.3 Å². The Bertz CT molecular complexity index is 668. The Labute approximate surface area is 131 Å². The van der Waals surface area contributed by atoms with E-state index in [1.54, 1.807) is 0 Å². The van der Waals surface area contributed by atoms with Crippen LogP contribution in [0.25, 0.3) is 5.57 Å². The maximum Gasteiger partial charge on any atom is 0.219 e. The third-order valence-corrected chi connectivity index (χ3v) is 3.53. The number of nitrogens with zero attached hydrogens (tertiary/aromatic N) is 1. The van der Waals surface area contributed by atoms with Gasteiger partial charge in [0.05, 0.1) is 0 Å². The number of hydrogen-bond donors (Lipinski definition) is 1. The van der Waals surface area contributed by atoms with Crippen molar-refractivity contribution in [2.45, 2.75) is 19.8 Å². The van der Waals surface area contributed by atoms with Crippen LogP contribution < -0.4 is 10.5 Å². The normalized spacial score (nSPS) is 13.0. The summed E-state index contributed by atoms with van der Waals surface area (Å²) in [6.45, 7) is 2.55. The zero-order valence-electron chi connectivity index (χ0n) is 12.0. The molecule has 1 aliphatic rings. The van der Waals surface area contributed by atoms with E-state index in [2.05, 4.69) is 23.2 Å². The van der Waals surface area contributed by atoms with Gasteiger partial charge in [-0.1, -0.05) is 18.2 Å². The topological polar surface area (TPSA) is 48.1 Å². The maximum absolute atomic E-state index is 5.83. The summed E-state index contributed by atoms with van der Waals surface area (Å²) in [7, 11) is 0. The predicted molar refractivity (Wildman–Crippen MR) is 88.1 cm³/mol. The second kappa shape index (κ2) is 6.74. The van der Waals surface area contributed by atoms with Gasteiger partial charge in [-0.15, -0.1) is 12.4 Å². The van der Waals surface area contributed by atoms with Crippen LogP contribution in [0.5, 0.6) is 11.6 Å². The van der Waals surface area contributed by atoms with Crippen molar-refractivity contribution in [3.8, 4) is 11.6 Å². The fraction of sp³-hybridized carbons (Fsp3) is 0.235.